The molecular formula is C25H27N3O4. The van der Waals surface area contributed by atoms with E-state index in [2.05, 4.69) is 22.0 Å². The molecule has 1 fully saturated rings. The van der Waals surface area contributed by atoms with Crippen LogP contribution >= 0.6 is 0 Å². The van der Waals surface area contributed by atoms with Crippen LogP contribution in [0.1, 0.15) is 28.7 Å². The van der Waals surface area contributed by atoms with Gasteiger partial charge in [0.25, 0.3) is 5.91 Å². The Kier molecular flexibility index (Phi) is 6.66. The molecule has 0 bridgehead atoms. The first kappa shape index (κ1) is 21.8. The van der Waals surface area contributed by atoms with Gasteiger partial charge in [0.1, 0.15) is 5.76 Å². The number of hydrogen-bond donors (Lipinski definition) is 0. The maximum atomic E-state index is 12.8. The second-order valence-corrected chi connectivity index (χ2v) is 7.92. The number of nitrogens with zero attached hydrogens (tertiary/aromatic N) is 3. The van der Waals surface area contributed by atoms with E-state index in [-0.39, 0.29) is 11.6 Å². The van der Waals surface area contributed by atoms with Gasteiger partial charge in [-0.05, 0) is 31.5 Å². The zero-order chi connectivity index (χ0) is 22.5. The molecule has 0 aliphatic carbocycles. The first-order valence-electron chi connectivity index (χ1n) is 10.8. The van der Waals surface area contributed by atoms with Crippen molar-refractivity contribution in [3.05, 3.63) is 77.7 Å². The Hall–Kier alpha value is -3.45. The fourth-order valence-corrected chi connectivity index (χ4v) is 3.78. The third-order valence-corrected chi connectivity index (χ3v) is 5.58. The fraction of sp³-hybridized carbons (Fsp3) is 0.320. The van der Waals surface area contributed by atoms with E-state index < -0.39 is 12.1 Å². The van der Waals surface area contributed by atoms with Crippen LogP contribution in [0.4, 0.5) is 0 Å². The Morgan fingerprint density at radius 1 is 1.00 bits per heavy atom. The number of ether oxygens (including phenoxy) is 1. The van der Waals surface area contributed by atoms with Crippen LogP contribution in [0.2, 0.25) is 0 Å². The molecule has 166 valence electrons. The predicted molar refractivity (Wildman–Crippen MR) is 120 cm³/mol. The minimum Gasteiger partial charge on any atom is -0.448 e. The van der Waals surface area contributed by atoms with Crippen molar-refractivity contribution in [1.82, 2.24) is 14.8 Å². The van der Waals surface area contributed by atoms with Crippen molar-refractivity contribution in [3.63, 3.8) is 0 Å². The molecule has 1 aromatic heterocycles. The molecule has 1 aliphatic rings. The molecule has 1 saturated heterocycles. The highest BCUT2D eigenvalue weighted by atomic mass is 16.5. The molecule has 0 saturated carbocycles. The van der Waals surface area contributed by atoms with Gasteiger partial charge in [0.2, 0.25) is 5.89 Å². The highest BCUT2D eigenvalue weighted by molar-refractivity contribution is 5.91. The van der Waals surface area contributed by atoms with Gasteiger partial charge in [-0.2, -0.15) is 0 Å². The summed E-state index contributed by atoms with van der Waals surface area (Å²) in [5.74, 6) is -0.134. The number of carbonyl (C=O) groups excluding carboxylic acids is 2. The lowest BCUT2D eigenvalue weighted by Crippen LogP contribution is -2.51. The lowest BCUT2D eigenvalue weighted by Gasteiger charge is -2.35. The highest BCUT2D eigenvalue weighted by Gasteiger charge is 2.29. The third-order valence-electron chi connectivity index (χ3n) is 5.58. The Morgan fingerprint density at radius 3 is 2.28 bits per heavy atom. The molecule has 7 nitrogen and oxygen atoms in total. The van der Waals surface area contributed by atoms with Crippen LogP contribution in [0, 0.1) is 6.92 Å². The molecule has 0 spiro atoms. The Labute approximate surface area is 187 Å². The molecule has 1 aliphatic heterocycles. The van der Waals surface area contributed by atoms with Crippen molar-refractivity contribution < 1.29 is 18.7 Å². The minimum atomic E-state index is -0.889. The number of amides is 1. The van der Waals surface area contributed by atoms with Crippen molar-refractivity contribution in [1.29, 1.82) is 0 Å². The zero-order valence-electron chi connectivity index (χ0n) is 18.4. The zero-order valence-corrected chi connectivity index (χ0v) is 18.4. The molecule has 7 heteroatoms. The van der Waals surface area contributed by atoms with E-state index in [9.17, 15) is 9.59 Å². The molecular weight excluding hydrogens is 406 g/mol. The standard InChI is InChI=1S/C25H27N3O4/c1-18-22(26-23(31-18)21-11-7-4-8-12-21)25(30)32-19(2)24(29)28-15-13-27(14-16-28)17-20-9-5-3-6-10-20/h3-12,19H,13-17H2,1-2H3. The number of carbonyl (C=O) groups is 2. The lowest BCUT2D eigenvalue weighted by atomic mass is 10.2. The van der Waals surface area contributed by atoms with Gasteiger partial charge >= 0.3 is 5.97 Å². The van der Waals surface area contributed by atoms with Crippen molar-refractivity contribution in [2.24, 2.45) is 0 Å². The van der Waals surface area contributed by atoms with E-state index in [1.54, 1.807) is 18.7 Å². The lowest BCUT2D eigenvalue weighted by molar-refractivity contribution is -0.141. The van der Waals surface area contributed by atoms with Crippen LogP contribution in [0.15, 0.2) is 65.1 Å². The predicted octanol–water partition coefficient (Wildman–Crippen LogP) is 3.54. The fourth-order valence-electron chi connectivity index (χ4n) is 3.78. The monoisotopic (exact) mass is 433 g/mol. The normalized spacial score (nSPS) is 15.4. The van der Waals surface area contributed by atoms with Crippen molar-refractivity contribution in [3.8, 4) is 11.5 Å². The SMILES string of the molecule is Cc1oc(-c2ccccc2)nc1C(=O)OC(C)C(=O)N1CCN(Cc2ccccc2)CC1. The molecule has 1 atom stereocenters. The number of benzene rings is 2. The molecule has 4 rings (SSSR count). The summed E-state index contributed by atoms with van der Waals surface area (Å²) in [4.78, 5) is 33.8. The van der Waals surface area contributed by atoms with Crippen LogP contribution < -0.4 is 0 Å². The Balaban J connectivity index is 1.31. The first-order chi connectivity index (χ1) is 15.5. The average molecular weight is 434 g/mol. The van der Waals surface area contributed by atoms with E-state index in [1.807, 2.05) is 48.5 Å². The Bertz CT molecular complexity index is 1060. The van der Waals surface area contributed by atoms with Crippen LogP contribution in [0.5, 0.6) is 0 Å². The molecule has 1 unspecified atom stereocenters. The number of piperazine rings is 1. The second kappa shape index (κ2) is 9.78. The Morgan fingerprint density at radius 2 is 1.62 bits per heavy atom. The maximum Gasteiger partial charge on any atom is 0.361 e. The van der Waals surface area contributed by atoms with Gasteiger partial charge in [0.05, 0.1) is 0 Å². The number of hydrogen-bond acceptors (Lipinski definition) is 6. The van der Waals surface area contributed by atoms with Gasteiger partial charge in [0.15, 0.2) is 11.8 Å². The summed E-state index contributed by atoms with van der Waals surface area (Å²) in [6.45, 7) is 6.90. The van der Waals surface area contributed by atoms with E-state index in [0.717, 1.165) is 25.2 Å². The summed E-state index contributed by atoms with van der Waals surface area (Å²) < 4.78 is 11.1. The molecule has 1 amide bonds. The topological polar surface area (TPSA) is 75.9 Å². The number of oxazole rings is 1. The summed E-state index contributed by atoms with van der Waals surface area (Å²) >= 11 is 0. The van der Waals surface area contributed by atoms with Crippen molar-refractivity contribution in [2.45, 2.75) is 26.5 Å². The average Bonchev–Trinajstić information content (AvgIpc) is 3.22. The molecule has 2 aromatic carbocycles. The third kappa shape index (κ3) is 5.06. The number of aromatic nitrogens is 1. The molecule has 0 N–H and O–H groups in total. The molecule has 2 heterocycles. The smallest absolute Gasteiger partial charge is 0.361 e. The van der Waals surface area contributed by atoms with Gasteiger partial charge in [-0.25, -0.2) is 9.78 Å². The van der Waals surface area contributed by atoms with Crippen molar-refractivity contribution >= 4 is 11.9 Å². The van der Waals surface area contributed by atoms with Crippen LogP contribution in [-0.2, 0) is 16.1 Å². The number of esters is 1. The van der Waals surface area contributed by atoms with E-state index in [1.165, 1.54) is 5.56 Å². The first-order valence-corrected chi connectivity index (χ1v) is 10.8. The summed E-state index contributed by atoms with van der Waals surface area (Å²) in [5.41, 5.74) is 2.12. The molecule has 32 heavy (non-hydrogen) atoms. The summed E-state index contributed by atoms with van der Waals surface area (Å²) in [7, 11) is 0. The molecule has 3 aromatic rings. The summed E-state index contributed by atoms with van der Waals surface area (Å²) in [6.07, 6.45) is -0.889. The maximum absolute atomic E-state index is 12.8. The van der Waals surface area contributed by atoms with E-state index in [0.29, 0.717) is 24.7 Å². The molecule has 0 radical (unpaired) electrons. The van der Waals surface area contributed by atoms with Crippen LogP contribution in [0.3, 0.4) is 0 Å². The van der Waals surface area contributed by atoms with Crippen molar-refractivity contribution in [2.75, 3.05) is 26.2 Å². The second-order valence-electron chi connectivity index (χ2n) is 7.92. The largest absolute Gasteiger partial charge is 0.448 e. The highest BCUT2D eigenvalue weighted by Crippen LogP contribution is 2.22. The van der Waals surface area contributed by atoms with E-state index in [4.69, 9.17) is 9.15 Å². The summed E-state index contributed by atoms with van der Waals surface area (Å²) in [6, 6.07) is 19.6. The van der Waals surface area contributed by atoms with Gasteiger partial charge in [-0.3, -0.25) is 9.69 Å². The van der Waals surface area contributed by atoms with Gasteiger partial charge < -0.3 is 14.1 Å². The minimum absolute atomic E-state index is 0.0937. The van der Waals surface area contributed by atoms with Crippen LogP contribution in [-0.4, -0.2) is 58.9 Å². The summed E-state index contributed by atoms with van der Waals surface area (Å²) in [5, 5.41) is 0. The van der Waals surface area contributed by atoms with Gasteiger partial charge in [-0.15, -0.1) is 0 Å². The quantitative estimate of drug-likeness (QED) is 0.554. The van der Waals surface area contributed by atoms with Gasteiger partial charge in [-0.1, -0.05) is 48.5 Å². The van der Waals surface area contributed by atoms with Crippen LogP contribution in [0.25, 0.3) is 11.5 Å². The van der Waals surface area contributed by atoms with Gasteiger partial charge in [0, 0.05) is 38.3 Å². The number of rotatable bonds is 6. The van der Waals surface area contributed by atoms with E-state index >= 15 is 0 Å². The number of aryl methyl sites for hydroxylation is 1.